The fourth-order valence-corrected chi connectivity index (χ4v) is 1.43. The number of nitrogens with zero attached hydrogens (tertiary/aromatic N) is 2. The number of pyridine rings is 1. The second-order valence-electron chi connectivity index (χ2n) is 3.76. The standard InChI is InChI=1S/C10H12N4O2/c1-5(2)12-10(16)8-7-6(3-4-11-8)9(15)14-13-7/h3-5H,1-2H3,(H,12,16)(H2,13,14,15). The molecule has 0 aliphatic rings. The summed E-state index contributed by atoms with van der Waals surface area (Å²) in [6.45, 7) is 3.73. The van der Waals surface area contributed by atoms with E-state index >= 15 is 0 Å². The van der Waals surface area contributed by atoms with E-state index in [1.165, 1.54) is 6.20 Å². The molecule has 0 aromatic carbocycles. The van der Waals surface area contributed by atoms with Crippen molar-refractivity contribution < 1.29 is 9.90 Å². The molecule has 0 atom stereocenters. The van der Waals surface area contributed by atoms with Gasteiger partial charge in [-0.2, -0.15) is 0 Å². The van der Waals surface area contributed by atoms with Crippen LogP contribution < -0.4 is 5.32 Å². The monoisotopic (exact) mass is 220 g/mol. The molecule has 6 heteroatoms. The quantitative estimate of drug-likeness (QED) is 0.698. The number of aromatic amines is 1. The fourth-order valence-electron chi connectivity index (χ4n) is 1.43. The van der Waals surface area contributed by atoms with Crippen LogP contribution >= 0.6 is 0 Å². The number of fused-ring (bicyclic) bond motifs is 1. The van der Waals surface area contributed by atoms with Gasteiger partial charge in [0.05, 0.1) is 5.39 Å². The largest absolute Gasteiger partial charge is 0.492 e. The number of nitrogens with one attached hydrogen (secondary N) is 2. The van der Waals surface area contributed by atoms with Gasteiger partial charge in [-0.05, 0) is 19.9 Å². The fraction of sp³-hybridized carbons (Fsp3) is 0.300. The number of aromatic nitrogens is 3. The van der Waals surface area contributed by atoms with Gasteiger partial charge in [0.25, 0.3) is 5.91 Å². The molecule has 6 nitrogen and oxygen atoms in total. The molecule has 2 aromatic rings. The average molecular weight is 220 g/mol. The lowest BCUT2D eigenvalue weighted by Gasteiger charge is -2.07. The van der Waals surface area contributed by atoms with Crippen molar-refractivity contribution in [2.75, 3.05) is 0 Å². The van der Waals surface area contributed by atoms with Crippen LogP contribution in [0.5, 0.6) is 5.88 Å². The zero-order valence-electron chi connectivity index (χ0n) is 8.98. The van der Waals surface area contributed by atoms with Gasteiger partial charge in [0.15, 0.2) is 5.69 Å². The van der Waals surface area contributed by atoms with Crippen molar-refractivity contribution in [3.05, 3.63) is 18.0 Å². The topological polar surface area (TPSA) is 90.9 Å². The third kappa shape index (κ3) is 1.69. The van der Waals surface area contributed by atoms with E-state index < -0.39 is 0 Å². The number of hydrogen-bond acceptors (Lipinski definition) is 4. The van der Waals surface area contributed by atoms with Crippen LogP contribution in [0.2, 0.25) is 0 Å². The smallest absolute Gasteiger partial charge is 0.272 e. The zero-order valence-corrected chi connectivity index (χ0v) is 8.98. The number of aromatic hydroxyl groups is 1. The summed E-state index contributed by atoms with van der Waals surface area (Å²) in [5, 5.41) is 18.8. The molecule has 84 valence electrons. The first-order valence-electron chi connectivity index (χ1n) is 4.92. The van der Waals surface area contributed by atoms with Crippen LogP contribution in [0, 0.1) is 0 Å². The average Bonchev–Trinajstić information content (AvgIpc) is 2.59. The normalized spacial score (nSPS) is 10.9. The molecule has 0 aliphatic carbocycles. The van der Waals surface area contributed by atoms with Gasteiger partial charge < -0.3 is 10.4 Å². The highest BCUT2D eigenvalue weighted by Crippen LogP contribution is 2.22. The van der Waals surface area contributed by atoms with E-state index in [4.69, 9.17) is 0 Å². The summed E-state index contributed by atoms with van der Waals surface area (Å²) in [5.41, 5.74) is 0.678. The first-order chi connectivity index (χ1) is 7.59. The van der Waals surface area contributed by atoms with Crippen LogP contribution in [0.1, 0.15) is 24.3 Å². The molecule has 0 radical (unpaired) electrons. The van der Waals surface area contributed by atoms with Crippen molar-refractivity contribution in [1.29, 1.82) is 0 Å². The van der Waals surface area contributed by atoms with E-state index in [0.29, 0.717) is 10.9 Å². The van der Waals surface area contributed by atoms with E-state index in [0.717, 1.165) is 0 Å². The van der Waals surface area contributed by atoms with Crippen LogP contribution in [0.3, 0.4) is 0 Å². The molecule has 2 rings (SSSR count). The van der Waals surface area contributed by atoms with E-state index in [-0.39, 0.29) is 23.5 Å². The van der Waals surface area contributed by atoms with Gasteiger partial charge in [0.1, 0.15) is 5.52 Å². The lowest BCUT2D eigenvalue weighted by atomic mass is 10.2. The molecule has 0 saturated heterocycles. The molecule has 0 bridgehead atoms. The molecule has 1 amide bonds. The zero-order chi connectivity index (χ0) is 11.7. The minimum Gasteiger partial charge on any atom is -0.492 e. The molecule has 0 spiro atoms. The Labute approximate surface area is 91.7 Å². The maximum atomic E-state index is 11.8. The Hall–Kier alpha value is -2.11. The number of carbonyl (C=O) groups excluding carboxylic acids is 1. The molecule has 0 saturated carbocycles. The maximum absolute atomic E-state index is 11.8. The van der Waals surface area contributed by atoms with Crippen LogP contribution in [0.25, 0.3) is 10.9 Å². The Bertz CT molecular complexity index is 533. The molecule has 16 heavy (non-hydrogen) atoms. The van der Waals surface area contributed by atoms with E-state index in [9.17, 15) is 9.90 Å². The Morgan fingerprint density at radius 1 is 1.56 bits per heavy atom. The van der Waals surface area contributed by atoms with Crippen molar-refractivity contribution in [1.82, 2.24) is 20.5 Å². The van der Waals surface area contributed by atoms with Crippen molar-refractivity contribution in [2.45, 2.75) is 19.9 Å². The molecular formula is C10H12N4O2. The highest BCUT2D eigenvalue weighted by Gasteiger charge is 2.15. The van der Waals surface area contributed by atoms with E-state index in [1.54, 1.807) is 6.07 Å². The summed E-state index contributed by atoms with van der Waals surface area (Å²) in [6.07, 6.45) is 1.47. The van der Waals surface area contributed by atoms with Crippen molar-refractivity contribution in [3.63, 3.8) is 0 Å². The second kappa shape index (κ2) is 3.80. The SMILES string of the molecule is CC(C)NC(=O)c1nccc2c(O)n[nH]c12. The lowest BCUT2D eigenvalue weighted by Crippen LogP contribution is -2.30. The minimum atomic E-state index is -0.288. The molecule has 3 N–H and O–H groups in total. The van der Waals surface area contributed by atoms with Crippen molar-refractivity contribution in [3.8, 4) is 5.88 Å². The van der Waals surface area contributed by atoms with Crippen LogP contribution in [-0.4, -0.2) is 32.2 Å². The summed E-state index contributed by atoms with van der Waals surface area (Å²) < 4.78 is 0. The third-order valence-corrected chi connectivity index (χ3v) is 2.10. The first kappa shape index (κ1) is 10.4. The first-order valence-corrected chi connectivity index (χ1v) is 4.92. The molecule has 2 heterocycles. The van der Waals surface area contributed by atoms with Gasteiger partial charge in [-0.15, -0.1) is 5.10 Å². The van der Waals surface area contributed by atoms with Gasteiger partial charge in [-0.25, -0.2) is 4.98 Å². The number of hydrogen-bond donors (Lipinski definition) is 3. The molecule has 0 aliphatic heterocycles. The van der Waals surface area contributed by atoms with Gasteiger partial charge in [-0.1, -0.05) is 0 Å². The van der Waals surface area contributed by atoms with Crippen LogP contribution in [-0.2, 0) is 0 Å². The van der Waals surface area contributed by atoms with Gasteiger partial charge >= 0.3 is 0 Å². The maximum Gasteiger partial charge on any atom is 0.272 e. The minimum absolute atomic E-state index is 0.0288. The number of amides is 1. The molecule has 0 fully saturated rings. The van der Waals surface area contributed by atoms with Gasteiger partial charge in [-0.3, -0.25) is 9.89 Å². The number of rotatable bonds is 2. The summed E-state index contributed by atoms with van der Waals surface area (Å²) in [5.74, 6) is -0.416. The summed E-state index contributed by atoms with van der Waals surface area (Å²) >= 11 is 0. The lowest BCUT2D eigenvalue weighted by molar-refractivity contribution is 0.0940. The van der Waals surface area contributed by atoms with Crippen LogP contribution in [0.4, 0.5) is 0 Å². The Balaban J connectivity index is 2.48. The summed E-state index contributed by atoms with van der Waals surface area (Å²) in [7, 11) is 0. The predicted octanol–water partition coefficient (Wildman–Crippen LogP) is 0.802. The predicted molar refractivity (Wildman–Crippen MR) is 58.2 cm³/mol. The Morgan fingerprint density at radius 2 is 2.31 bits per heavy atom. The van der Waals surface area contributed by atoms with Gasteiger partial charge in [0.2, 0.25) is 5.88 Å². The number of H-pyrrole nitrogens is 1. The number of carbonyl (C=O) groups is 1. The van der Waals surface area contributed by atoms with Gasteiger partial charge in [0, 0.05) is 12.2 Å². The second-order valence-corrected chi connectivity index (χ2v) is 3.76. The third-order valence-electron chi connectivity index (χ3n) is 2.10. The van der Waals surface area contributed by atoms with Crippen molar-refractivity contribution in [2.24, 2.45) is 0 Å². The highest BCUT2D eigenvalue weighted by molar-refractivity contribution is 6.04. The highest BCUT2D eigenvalue weighted by atomic mass is 16.3. The summed E-state index contributed by atoms with van der Waals surface area (Å²) in [4.78, 5) is 15.8. The summed E-state index contributed by atoms with van der Waals surface area (Å²) in [6, 6.07) is 1.63. The molecule has 2 aromatic heterocycles. The van der Waals surface area contributed by atoms with Crippen molar-refractivity contribution >= 4 is 16.8 Å². The Kier molecular flexibility index (Phi) is 2.47. The van der Waals surface area contributed by atoms with E-state index in [2.05, 4.69) is 20.5 Å². The van der Waals surface area contributed by atoms with Crippen LogP contribution in [0.15, 0.2) is 12.3 Å². The van der Waals surface area contributed by atoms with E-state index in [1.807, 2.05) is 13.8 Å². The molecular weight excluding hydrogens is 208 g/mol. The Morgan fingerprint density at radius 3 is 3.00 bits per heavy atom. The molecule has 0 unspecified atom stereocenters.